The summed E-state index contributed by atoms with van der Waals surface area (Å²) < 4.78 is 6.76. The molecule has 0 atom stereocenters. The Kier molecular flexibility index (Phi) is 4.61. The van der Waals surface area contributed by atoms with Crippen LogP contribution in [0, 0.1) is 6.92 Å². The number of ether oxygens (including phenoxy) is 1. The molecule has 0 aliphatic carbocycles. The van der Waals surface area contributed by atoms with Crippen LogP contribution >= 0.6 is 0 Å². The second-order valence-electron chi connectivity index (χ2n) is 5.49. The summed E-state index contributed by atoms with van der Waals surface area (Å²) in [6.45, 7) is 2.49. The number of hydrogen-bond donors (Lipinski definition) is 1. The first kappa shape index (κ1) is 15.8. The zero-order valence-electron chi connectivity index (χ0n) is 13.7. The molecular formula is C19H19N3O2. The quantitative estimate of drug-likeness (QED) is 0.785. The summed E-state index contributed by atoms with van der Waals surface area (Å²) in [4.78, 5) is 12.6. The van der Waals surface area contributed by atoms with Crippen LogP contribution in [0.1, 0.15) is 21.6 Å². The predicted octanol–water partition coefficient (Wildman–Crippen LogP) is 3.12. The van der Waals surface area contributed by atoms with E-state index in [1.165, 1.54) is 12.7 Å². The summed E-state index contributed by atoms with van der Waals surface area (Å²) in [5.41, 5.74) is 3.48. The maximum Gasteiger partial charge on any atom is 0.270 e. The molecule has 0 radical (unpaired) electrons. The molecule has 1 amide bonds. The van der Waals surface area contributed by atoms with Crippen molar-refractivity contribution in [1.82, 2.24) is 15.1 Å². The van der Waals surface area contributed by atoms with Crippen molar-refractivity contribution in [3.63, 3.8) is 0 Å². The van der Waals surface area contributed by atoms with Crippen LogP contribution < -0.4 is 10.1 Å². The van der Waals surface area contributed by atoms with Gasteiger partial charge in [0.1, 0.15) is 5.69 Å². The van der Waals surface area contributed by atoms with Crippen molar-refractivity contribution < 1.29 is 9.53 Å². The number of nitrogens with zero attached hydrogens (tertiary/aromatic N) is 2. The fraction of sp³-hybridized carbons (Fsp3) is 0.158. The average Bonchev–Trinajstić information content (AvgIpc) is 3.06. The lowest BCUT2D eigenvalue weighted by Gasteiger charge is -2.08. The van der Waals surface area contributed by atoms with Gasteiger partial charge in [0.2, 0.25) is 5.88 Å². The van der Waals surface area contributed by atoms with Gasteiger partial charge in [-0.15, -0.1) is 5.10 Å². The largest absolute Gasteiger partial charge is 0.480 e. The average molecular weight is 321 g/mol. The molecule has 0 saturated carbocycles. The number of carbonyl (C=O) groups excluding carboxylic acids is 1. The standard InChI is InChI=1S/C19H19N3O2/c1-14-8-10-15(11-9-14)13-20-19(23)17-12-18(24-2)21-22(17)16-6-4-3-5-7-16/h3-12H,13H2,1-2H3,(H,20,23). The van der Waals surface area contributed by atoms with E-state index in [0.717, 1.165) is 11.3 Å². The second kappa shape index (κ2) is 7.00. The number of para-hydroxylation sites is 1. The molecule has 2 aromatic carbocycles. The van der Waals surface area contributed by atoms with E-state index in [0.29, 0.717) is 18.1 Å². The van der Waals surface area contributed by atoms with Crippen LogP contribution in [0.3, 0.4) is 0 Å². The van der Waals surface area contributed by atoms with E-state index in [4.69, 9.17) is 4.74 Å². The van der Waals surface area contributed by atoms with Gasteiger partial charge in [0.25, 0.3) is 5.91 Å². The van der Waals surface area contributed by atoms with Gasteiger partial charge in [-0.2, -0.15) is 0 Å². The highest BCUT2D eigenvalue weighted by Crippen LogP contribution is 2.17. The predicted molar refractivity (Wildman–Crippen MR) is 92.5 cm³/mol. The van der Waals surface area contributed by atoms with Gasteiger partial charge < -0.3 is 10.1 Å². The minimum atomic E-state index is -0.199. The highest BCUT2D eigenvalue weighted by molar-refractivity contribution is 5.93. The highest BCUT2D eigenvalue weighted by atomic mass is 16.5. The molecule has 0 bridgehead atoms. The third-order valence-electron chi connectivity index (χ3n) is 3.70. The molecule has 1 heterocycles. The van der Waals surface area contributed by atoms with Crippen molar-refractivity contribution in [2.24, 2.45) is 0 Å². The van der Waals surface area contributed by atoms with Crippen molar-refractivity contribution in [2.45, 2.75) is 13.5 Å². The van der Waals surface area contributed by atoms with E-state index in [-0.39, 0.29) is 5.91 Å². The van der Waals surface area contributed by atoms with E-state index in [2.05, 4.69) is 10.4 Å². The lowest BCUT2D eigenvalue weighted by molar-refractivity contribution is 0.0943. The maximum atomic E-state index is 12.6. The van der Waals surface area contributed by atoms with Gasteiger partial charge in [-0.3, -0.25) is 4.79 Å². The smallest absolute Gasteiger partial charge is 0.270 e. The minimum absolute atomic E-state index is 0.199. The molecular weight excluding hydrogens is 302 g/mol. The molecule has 24 heavy (non-hydrogen) atoms. The zero-order valence-corrected chi connectivity index (χ0v) is 13.7. The van der Waals surface area contributed by atoms with Gasteiger partial charge in [-0.1, -0.05) is 48.0 Å². The molecule has 122 valence electrons. The monoisotopic (exact) mass is 321 g/mol. The zero-order chi connectivity index (χ0) is 16.9. The molecule has 5 heteroatoms. The second-order valence-corrected chi connectivity index (χ2v) is 5.49. The third kappa shape index (κ3) is 3.46. The van der Waals surface area contributed by atoms with Gasteiger partial charge in [0, 0.05) is 12.6 Å². The van der Waals surface area contributed by atoms with Crippen molar-refractivity contribution >= 4 is 5.91 Å². The summed E-state index contributed by atoms with van der Waals surface area (Å²) in [6, 6.07) is 19.2. The number of aromatic nitrogens is 2. The number of rotatable bonds is 5. The van der Waals surface area contributed by atoms with Gasteiger partial charge >= 0.3 is 0 Å². The van der Waals surface area contributed by atoms with Crippen LogP contribution in [0.4, 0.5) is 0 Å². The summed E-state index contributed by atoms with van der Waals surface area (Å²) in [6.07, 6.45) is 0. The van der Waals surface area contributed by atoms with Crippen molar-refractivity contribution in [1.29, 1.82) is 0 Å². The van der Waals surface area contributed by atoms with Crippen molar-refractivity contribution in [3.8, 4) is 11.6 Å². The minimum Gasteiger partial charge on any atom is -0.480 e. The Labute approximate surface area is 140 Å². The maximum absolute atomic E-state index is 12.6. The molecule has 0 saturated heterocycles. The third-order valence-corrected chi connectivity index (χ3v) is 3.70. The summed E-state index contributed by atoms with van der Waals surface area (Å²) in [5, 5.41) is 7.25. The SMILES string of the molecule is COc1cc(C(=O)NCc2ccc(C)cc2)n(-c2ccccc2)n1. The van der Waals surface area contributed by atoms with Gasteiger partial charge in [0.05, 0.1) is 12.8 Å². The van der Waals surface area contributed by atoms with Crippen LogP contribution in [0.2, 0.25) is 0 Å². The summed E-state index contributed by atoms with van der Waals surface area (Å²) in [5.74, 6) is 0.203. The lowest BCUT2D eigenvalue weighted by atomic mass is 10.1. The van der Waals surface area contributed by atoms with Crippen molar-refractivity contribution in [3.05, 3.63) is 77.5 Å². The van der Waals surface area contributed by atoms with E-state index >= 15 is 0 Å². The van der Waals surface area contributed by atoms with E-state index < -0.39 is 0 Å². The summed E-state index contributed by atoms with van der Waals surface area (Å²) in [7, 11) is 1.53. The van der Waals surface area contributed by atoms with Crippen LogP contribution in [0.25, 0.3) is 5.69 Å². The number of carbonyl (C=O) groups is 1. The number of methoxy groups -OCH3 is 1. The van der Waals surface area contributed by atoms with Gasteiger partial charge in [-0.05, 0) is 24.6 Å². The van der Waals surface area contributed by atoms with E-state index in [1.54, 1.807) is 10.7 Å². The Balaban J connectivity index is 1.81. The molecule has 0 unspecified atom stereocenters. The molecule has 3 aromatic rings. The number of amides is 1. The molecule has 1 N–H and O–H groups in total. The van der Waals surface area contributed by atoms with Crippen LogP contribution in [0.5, 0.6) is 5.88 Å². The molecule has 0 aliphatic heterocycles. The molecule has 0 spiro atoms. The Morgan fingerprint density at radius 3 is 2.50 bits per heavy atom. The van der Waals surface area contributed by atoms with Crippen LogP contribution in [0.15, 0.2) is 60.7 Å². The Morgan fingerprint density at radius 2 is 1.83 bits per heavy atom. The first-order chi connectivity index (χ1) is 11.7. The number of nitrogens with one attached hydrogen (secondary N) is 1. The normalized spacial score (nSPS) is 10.4. The number of aryl methyl sites for hydroxylation is 1. The lowest BCUT2D eigenvalue weighted by Crippen LogP contribution is -2.25. The Bertz CT molecular complexity index is 824. The first-order valence-corrected chi connectivity index (χ1v) is 7.70. The van der Waals surface area contributed by atoms with Crippen LogP contribution in [-0.2, 0) is 6.54 Å². The fourth-order valence-corrected chi connectivity index (χ4v) is 2.37. The molecule has 1 aromatic heterocycles. The number of benzene rings is 2. The molecule has 0 fully saturated rings. The Hall–Kier alpha value is -3.08. The first-order valence-electron chi connectivity index (χ1n) is 7.70. The van der Waals surface area contributed by atoms with E-state index in [1.807, 2.05) is 61.5 Å². The summed E-state index contributed by atoms with van der Waals surface area (Å²) >= 11 is 0. The topological polar surface area (TPSA) is 56.1 Å². The fourth-order valence-electron chi connectivity index (χ4n) is 2.37. The molecule has 5 nitrogen and oxygen atoms in total. The number of hydrogen-bond acceptors (Lipinski definition) is 3. The van der Waals surface area contributed by atoms with E-state index in [9.17, 15) is 4.79 Å². The highest BCUT2D eigenvalue weighted by Gasteiger charge is 2.16. The van der Waals surface area contributed by atoms with Crippen LogP contribution in [-0.4, -0.2) is 22.8 Å². The Morgan fingerprint density at radius 1 is 1.12 bits per heavy atom. The van der Waals surface area contributed by atoms with Gasteiger partial charge in [-0.25, -0.2) is 4.68 Å². The van der Waals surface area contributed by atoms with Gasteiger partial charge in [0.15, 0.2) is 0 Å². The van der Waals surface area contributed by atoms with Crippen molar-refractivity contribution in [2.75, 3.05) is 7.11 Å². The molecule has 0 aliphatic rings. The molecule has 3 rings (SSSR count).